The highest BCUT2D eigenvalue weighted by Crippen LogP contribution is 2.50. The van der Waals surface area contributed by atoms with Crippen LogP contribution in [-0.4, -0.2) is 20.8 Å². The van der Waals surface area contributed by atoms with Gasteiger partial charge in [0.05, 0.1) is 0 Å². The summed E-state index contributed by atoms with van der Waals surface area (Å²) in [6.45, 7) is 22.8. The second-order valence-corrected chi connectivity index (χ2v) is 15.9. The van der Waals surface area contributed by atoms with E-state index in [1.807, 2.05) is 31.2 Å². The van der Waals surface area contributed by atoms with Crippen LogP contribution in [-0.2, 0) is 12.0 Å². The van der Waals surface area contributed by atoms with Gasteiger partial charge in [-0.25, -0.2) is 0 Å². The van der Waals surface area contributed by atoms with Crippen molar-refractivity contribution in [2.45, 2.75) is 92.0 Å². The van der Waals surface area contributed by atoms with Gasteiger partial charge in [-0.15, -0.1) is 0 Å². The number of benzene rings is 2. The van der Waals surface area contributed by atoms with Crippen molar-refractivity contribution in [3.8, 4) is 11.5 Å². The van der Waals surface area contributed by atoms with Gasteiger partial charge >= 0.3 is 0 Å². The Morgan fingerprint density at radius 3 is 2.24 bits per heavy atom. The zero-order valence-electron chi connectivity index (χ0n) is 22.2. The molecule has 0 bridgehead atoms. The highest BCUT2D eigenvalue weighted by Gasteiger charge is 2.43. The maximum absolute atomic E-state index is 12.3. The van der Waals surface area contributed by atoms with Crippen LogP contribution in [0.25, 0.3) is 0 Å². The number of carbonyl (C=O) groups excluding carboxylic acids is 1. The van der Waals surface area contributed by atoms with E-state index in [-0.39, 0.29) is 10.9 Å². The predicted octanol–water partition coefficient (Wildman–Crippen LogP) is 6.99. The molecule has 1 aliphatic rings. The molecule has 0 aliphatic carbocycles. The summed E-state index contributed by atoms with van der Waals surface area (Å²) in [6, 6.07) is 7.85. The van der Waals surface area contributed by atoms with Crippen LogP contribution in [0, 0.1) is 20.8 Å². The summed E-state index contributed by atoms with van der Waals surface area (Å²) in [7, 11) is -1.97. The van der Waals surface area contributed by atoms with Crippen LogP contribution in [0.2, 0.25) is 18.1 Å². The lowest BCUT2D eigenvalue weighted by molar-refractivity contribution is 0.0952. The van der Waals surface area contributed by atoms with Crippen molar-refractivity contribution >= 4 is 14.2 Å². The Morgan fingerprint density at radius 1 is 1.09 bits per heavy atom. The quantitative estimate of drug-likeness (QED) is 0.466. The lowest BCUT2D eigenvalue weighted by Crippen LogP contribution is -2.44. The molecule has 1 unspecified atom stereocenters. The van der Waals surface area contributed by atoms with E-state index in [9.17, 15) is 4.79 Å². The van der Waals surface area contributed by atoms with E-state index in [4.69, 9.17) is 9.16 Å². The molecular formula is C28H41NO3Si. The summed E-state index contributed by atoms with van der Waals surface area (Å²) >= 11 is 0. The van der Waals surface area contributed by atoms with Gasteiger partial charge in [-0.3, -0.25) is 4.79 Å². The molecule has 0 aromatic heterocycles. The topological polar surface area (TPSA) is 47.6 Å². The lowest BCUT2D eigenvalue weighted by Gasteiger charge is -2.38. The number of fused-ring (bicyclic) bond motifs is 1. The second-order valence-electron chi connectivity index (χ2n) is 11.2. The molecule has 33 heavy (non-hydrogen) atoms. The van der Waals surface area contributed by atoms with E-state index in [2.05, 4.69) is 66.9 Å². The minimum absolute atomic E-state index is 0.0288. The van der Waals surface area contributed by atoms with Gasteiger partial charge in [0.1, 0.15) is 17.1 Å². The van der Waals surface area contributed by atoms with Crippen LogP contribution in [0.3, 0.4) is 0 Å². The summed E-state index contributed by atoms with van der Waals surface area (Å²) in [5.41, 5.74) is 6.04. The molecule has 1 atom stereocenters. The van der Waals surface area contributed by atoms with Crippen molar-refractivity contribution in [3.05, 3.63) is 57.6 Å². The lowest BCUT2D eigenvalue weighted by atomic mass is 9.88. The Balaban J connectivity index is 1.94. The first-order valence-corrected chi connectivity index (χ1v) is 15.0. The fourth-order valence-corrected chi connectivity index (χ4v) is 5.26. The molecule has 1 amide bonds. The average Bonchev–Trinajstić information content (AvgIpc) is 3.12. The predicted molar refractivity (Wildman–Crippen MR) is 139 cm³/mol. The maximum Gasteiger partial charge on any atom is 0.251 e. The number of amides is 1. The third-order valence-corrected chi connectivity index (χ3v) is 11.9. The first-order chi connectivity index (χ1) is 15.2. The number of nitrogens with one attached hydrogen (secondary N) is 1. The average molecular weight is 468 g/mol. The van der Waals surface area contributed by atoms with Crippen molar-refractivity contribution in [2.75, 3.05) is 6.54 Å². The molecule has 5 heteroatoms. The van der Waals surface area contributed by atoms with Crippen molar-refractivity contribution in [1.29, 1.82) is 0 Å². The zero-order chi connectivity index (χ0) is 24.8. The van der Waals surface area contributed by atoms with Crippen LogP contribution < -0.4 is 14.5 Å². The number of rotatable bonds is 6. The minimum atomic E-state index is -1.97. The number of hydrogen-bond donors (Lipinski definition) is 1. The molecule has 1 N–H and O–H groups in total. The van der Waals surface area contributed by atoms with E-state index in [0.717, 1.165) is 35.5 Å². The Hall–Kier alpha value is -2.27. The van der Waals surface area contributed by atoms with Gasteiger partial charge in [-0.1, -0.05) is 39.8 Å². The van der Waals surface area contributed by atoms with Gasteiger partial charge in [-0.2, -0.15) is 0 Å². The van der Waals surface area contributed by atoms with Gasteiger partial charge in [0, 0.05) is 24.1 Å². The second kappa shape index (κ2) is 8.82. The standard InChI is InChI=1S/C28H41NO3Si/c1-11-16-29-26(30)21-12-14-22(15-13-21)28(8)17-23-20(4)24(18(2)19(3)25(23)31-28)32-33(9,10)27(5,6)7/h12-15H,11,16-17H2,1-10H3,(H,29,30). The van der Waals surface area contributed by atoms with Crippen LogP contribution in [0.15, 0.2) is 24.3 Å². The molecule has 4 nitrogen and oxygen atoms in total. The highest BCUT2D eigenvalue weighted by molar-refractivity contribution is 6.74. The van der Waals surface area contributed by atoms with Gasteiger partial charge in [0.25, 0.3) is 14.2 Å². The summed E-state index contributed by atoms with van der Waals surface area (Å²) < 4.78 is 13.5. The summed E-state index contributed by atoms with van der Waals surface area (Å²) in [4.78, 5) is 12.3. The Labute approximate surface area is 201 Å². The largest absolute Gasteiger partial charge is 0.543 e. The highest BCUT2D eigenvalue weighted by atomic mass is 28.4. The molecule has 0 radical (unpaired) electrons. The Bertz CT molecular complexity index is 1050. The number of ether oxygens (including phenoxy) is 1. The van der Waals surface area contributed by atoms with Gasteiger partial charge < -0.3 is 14.5 Å². The third-order valence-electron chi connectivity index (χ3n) is 7.61. The molecule has 2 aromatic carbocycles. The van der Waals surface area contributed by atoms with E-state index in [1.165, 1.54) is 16.7 Å². The molecular weight excluding hydrogens is 426 g/mol. The Morgan fingerprint density at radius 2 is 1.70 bits per heavy atom. The van der Waals surface area contributed by atoms with E-state index >= 15 is 0 Å². The number of carbonyl (C=O) groups is 1. The molecule has 3 rings (SSSR count). The Kier molecular flexibility index (Phi) is 6.78. The van der Waals surface area contributed by atoms with Gasteiger partial charge in [0.15, 0.2) is 0 Å². The molecule has 1 aliphatic heterocycles. The fraction of sp³-hybridized carbons (Fsp3) is 0.536. The van der Waals surface area contributed by atoms with E-state index < -0.39 is 13.9 Å². The van der Waals surface area contributed by atoms with Crippen molar-refractivity contribution in [3.63, 3.8) is 0 Å². The maximum atomic E-state index is 12.3. The van der Waals surface area contributed by atoms with Gasteiger partial charge in [0.2, 0.25) is 0 Å². The molecule has 0 saturated heterocycles. The summed E-state index contributed by atoms with van der Waals surface area (Å²) in [5, 5.41) is 3.07. The van der Waals surface area contributed by atoms with E-state index in [1.54, 1.807) is 0 Å². The molecule has 0 saturated carbocycles. The zero-order valence-corrected chi connectivity index (χ0v) is 23.2. The first-order valence-electron chi connectivity index (χ1n) is 12.1. The fourth-order valence-electron chi connectivity index (χ4n) is 4.14. The van der Waals surface area contributed by atoms with Gasteiger partial charge in [-0.05, 0) is 86.6 Å². The van der Waals surface area contributed by atoms with Crippen LogP contribution >= 0.6 is 0 Å². The molecule has 2 aromatic rings. The molecule has 0 fully saturated rings. The van der Waals surface area contributed by atoms with Crippen molar-refractivity contribution < 1.29 is 14.0 Å². The van der Waals surface area contributed by atoms with Crippen LogP contribution in [0.1, 0.15) is 79.2 Å². The number of hydrogen-bond acceptors (Lipinski definition) is 3. The van der Waals surface area contributed by atoms with Crippen molar-refractivity contribution in [1.82, 2.24) is 5.32 Å². The third kappa shape index (κ3) is 4.70. The first kappa shape index (κ1) is 25.4. The monoisotopic (exact) mass is 467 g/mol. The van der Waals surface area contributed by atoms with Crippen molar-refractivity contribution in [2.24, 2.45) is 0 Å². The summed E-state index contributed by atoms with van der Waals surface area (Å²) in [5.74, 6) is 1.99. The SMILES string of the molecule is CCCNC(=O)c1ccc(C2(C)Cc3c(C)c(O[Si](C)(C)C(C)(C)C)c(C)c(C)c3O2)cc1. The van der Waals surface area contributed by atoms with Crippen LogP contribution in [0.5, 0.6) is 11.5 Å². The normalized spacial score (nSPS) is 18.0. The molecule has 180 valence electrons. The summed E-state index contributed by atoms with van der Waals surface area (Å²) in [6.07, 6.45) is 1.71. The molecule has 0 spiro atoms. The smallest absolute Gasteiger partial charge is 0.251 e. The minimum Gasteiger partial charge on any atom is -0.543 e. The van der Waals surface area contributed by atoms with Crippen LogP contribution in [0.4, 0.5) is 0 Å². The molecule has 1 heterocycles. The van der Waals surface area contributed by atoms with E-state index in [0.29, 0.717) is 12.1 Å².